The third-order valence-electron chi connectivity index (χ3n) is 4.04. The smallest absolute Gasteiger partial charge is 0.262 e. The number of rotatable bonds is 7. The third kappa shape index (κ3) is 4.48. The molecule has 6 nitrogen and oxygen atoms in total. The zero-order valence-electron chi connectivity index (χ0n) is 15.6. The van der Waals surface area contributed by atoms with Gasteiger partial charge in [0.1, 0.15) is 5.75 Å². The Morgan fingerprint density at radius 3 is 2.82 bits per heavy atom. The van der Waals surface area contributed by atoms with Gasteiger partial charge in [0.25, 0.3) is 5.56 Å². The standard InChI is InChI=1S/C20H20ClN3O3S/c1-3-10-24-19(26)14-6-4-5-7-15(14)23-20(24)28-12-18(25)22-16-11-13(21)8-9-17(16)27-2/h4-9,11H,3,10,12H2,1-2H3,(H,22,25). The Morgan fingerprint density at radius 2 is 2.07 bits per heavy atom. The van der Waals surface area contributed by atoms with E-state index in [9.17, 15) is 9.59 Å². The normalized spacial score (nSPS) is 10.8. The molecule has 0 unspecified atom stereocenters. The van der Waals surface area contributed by atoms with Gasteiger partial charge in [-0.2, -0.15) is 0 Å². The van der Waals surface area contributed by atoms with Crippen LogP contribution in [0.4, 0.5) is 5.69 Å². The summed E-state index contributed by atoms with van der Waals surface area (Å²) < 4.78 is 6.87. The van der Waals surface area contributed by atoms with Crippen molar-refractivity contribution in [3.05, 3.63) is 57.8 Å². The van der Waals surface area contributed by atoms with Gasteiger partial charge in [-0.1, -0.05) is 42.4 Å². The van der Waals surface area contributed by atoms with E-state index in [1.54, 1.807) is 34.9 Å². The average molecular weight is 418 g/mol. The summed E-state index contributed by atoms with van der Waals surface area (Å²) >= 11 is 7.23. The van der Waals surface area contributed by atoms with Crippen LogP contribution in [0.5, 0.6) is 5.75 Å². The Labute approximate surface area is 171 Å². The van der Waals surface area contributed by atoms with Gasteiger partial charge in [0.2, 0.25) is 5.91 Å². The lowest BCUT2D eigenvalue weighted by molar-refractivity contribution is -0.113. The fourth-order valence-corrected chi connectivity index (χ4v) is 3.77. The fourth-order valence-electron chi connectivity index (χ4n) is 2.77. The number of carbonyl (C=O) groups is 1. The van der Waals surface area contributed by atoms with Crippen LogP contribution in [0.3, 0.4) is 0 Å². The fraction of sp³-hybridized carbons (Fsp3) is 0.250. The maximum absolute atomic E-state index is 12.8. The van der Waals surface area contributed by atoms with E-state index in [-0.39, 0.29) is 17.2 Å². The number of carbonyl (C=O) groups excluding carboxylic acids is 1. The molecule has 0 aliphatic rings. The molecule has 1 heterocycles. The number of para-hydroxylation sites is 1. The number of ether oxygens (including phenoxy) is 1. The van der Waals surface area contributed by atoms with Crippen molar-refractivity contribution in [1.82, 2.24) is 9.55 Å². The van der Waals surface area contributed by atoms with Crippen molar-refractivity contribution in [2.24, 2.45) is 0 Å². The van der Waals surface area contributed by atoms with Crippen molar-refractivity contribution in [3.63, 3.8) is 0 Å². The number of thioether (sulfide) groups is 1. The summed E-state index contributed by atoms with van der Waals surface area (Å²) in [6, 6.07) is 12.2. The molecule has 146 valence electrons. The molecule has 1 N–H and O–H groups in total. The van der Waals surface area contributed by atoms with Crippen LogP contribution >= 0.6 is 23.4 Å². The van der Waals surface area contributed by atoms with E-state index in [0.717, 1.165) is 6.42 Å². The minimum atomic E-state index is -0.240. The summed E-state index contributed by atoms with van der Waals surface area (Å²) in [5.74, 6) is 0.384. The summed E-state index contributed by atoms with van der Waals surface area (Å²) in [5.41, 5.74) is 1.03. The maximum atomic E-state index is 12.8. The van der Waals surface area contributed by atoms with Crippen LogP contribution in [0.1, 0.15) is 13.3 Å². The molecule has 1 aromatic heterocycles. The molecule has 28 heavy (non-hydrogen) atoms. The largest absolute Gasteiger partial charge is 0.495 e. The second kappa shape index (κ2) is 9.12. The Bertz CT molecular complexity index is 1070. The van der Waals surface area contributed by atoms with Crippen LogP contribution in [0.15, 0.2) is 52.4 Å². The van der Waals surface area contributed by atoms with Gasteiger partial charge in [-0.3, -0.25) is 14.2 Å². The molecule has 0 radical (unpaired) electrons. The lowest BCUT2D eigenvalue weighted by Gasteiger charge is -2.13. The summed E-state index contributed by atoms with van der Waals surface area (Å²) in [4.78, 5) is 29.8. The van der Waals surface area contributed by atoms with Crippen molar-refractivity contribution >= 4 is 45.9 Å². The molecule has 0 fully saturated rings. The Balaban J connectivity index is 1.81. The number of benzene rings is 2. The predicted octanol–water partition coefficient (Wildman–Crippen LogP) is 4.20. The van der Waals surface area contributed by atoms with Crippen molar-refractivity contribution in [1.29, 1.82) is 0 Å². The van der Waals surface area contributed by atoms with Crippen LogP contribution in [0.25, 0.3) is 10.9 Å². The molecule has 8 heteroatoms. The van der Waals surface area contributed by atoms with Crippen LogP contribution < -0.4 is 15.6 Å². The van der Waals surface area contributed by atoms with Gasteiger partial charge in [-0.25, -0.2) is 4.98 Å². The van der Waals surface area contributed by atoms with E-state index in [2.05, 4.69) is 10.3 Å². The number of methoxy groups -OCH3 is 1. The van der Waals surface area contributed by atoms with Gasteiger partial charge in [-0.05, 0) is 36.8 Å². The second-order valence-corrected chi connectivity index (χ2v) is 7.43. The van der Waals surface area contributed by atoms with Crippen LogP contribution in [0.2, 0.25) is 5.02 Å². The lowest BCUT2D eigenvalue weighted by Crippen LogP contribution is -2.24. The highest BCUT2D eigenvalue weighted by molar-refractivity contribution is 7.99. The summed E-state index contributed by atoms with van der Waals surface area (Å²) in [5, 5.41) is 4.39. The van der Waals surface area contributed by atoms with Crippen LogP contribution in [-0.2, 0) is 11.3 Å². The van der Waals surface area contributed by atoms with Crippen LogP contribution in [-0.4, -0.2) is 28.3 Å². The minimum absolute atomic E-state index is 0.0909. The molecule has 3 aromatic rings. The zero-order chi connectivity index (χ0) is 20.1. The SMILES string of the molecule is CCCn1c(SCC(=O)Nc2cc(Cl)ccc2OC)nc2ccccc2c1=O. The first-order valence-corrected chi connectivity index (χ1v) is 10.2. The van der Waals surface area contributed by atoms with Crippen molar-refractivity contribution in [2.45, 2.75) is 25.0 Å². The number of fused-ring (bicyclic) bond motifs is 1. The van der Waals surface area contributed by atoms with E-state index >= 15 is 0 Å². The van der Waals surface area contributed by atoms with Gasteiger partial charge in [0.05, 0.1) is 29.5 Å². The van der Waals surface area contributed by atoms with E-state index in [1.807, 2.05) is 19.1 Å². The first kappa shape index (κ1) is 20.2. The summed E-state index contributed by atoms with van der Waals surface area (Å²) in [7, 11) is 1.52. The third-order valence-corrected chi connectivity index (χ3v) is 5.25. The number of amides is 1. The average Bonchev–Trinajstić information content (AvgIpc) is 2.69. The Hall–Kier alpha value is -2.51. The molecule has 0 saturated carbocycles. The molecule has 0 spiro atoms. The number of hydrogen-bond acceptors (Lipinski definition) is 5. The first-order valence-electron chi connectivity index (χ1n) is 8.79. The molecule has 0 saturated heterocycles. The minimum Gasteiger partial charge on any atom is -0.495 e. The van der Waals surface area contributed by atoms with Crippen molar-refractivity contribution < 1.29 is 9.53 Å². The Kier molecular flexibility index (Phi) is 6.59. The number of aromatic nitrogens is 2. The van der Waals surface area contributed by atoms with Crippen molar-refractivity contribution in [2.75, 3.05) is 18.2 Å². The molecule has 0 aliphatic heterocycles. The van der Waals surface area contributed by atoms with E-state index in [4.69, 9.17) is 16.3 Å². The molecule has 1 amide bonds. The molecule has 0 aliphatic carbocycles. The number of halogens is 1. The second-order valence-electron chi connectivity index (χ2n) is 6.05. The van der Waals surface area contributed by atoms with Gasteiger partial charge >= 0.3 is 0 Å². The summed E-state index contributed by atoms with van der Waals surface area (Å²) in [6.45, 7) is 2.54. The Morgan fingerprint density at radius 1 is 1.29 bits per heavy atom. The van der Waals surface area contributed by atoms with Gasteiger partial charge in [0, 0.05) is 11.6 Å². The van der Waals surface area contributed by atoms with E-state index in [1.165, 1.54) is 18.9 Å². The quantitative estimate of drug-likeness (QED) is 0.460. The van der Waals surface area contributed by atoms with E-state index in [0.29, 0.717) is 39.1 Å². The number of anilines is 1. The zero-order valence-corrected chi connectivity index (χ0v) is 17.1. The predicted molar refractivity (Wildman–Crippen MR) is 114 cm³/mol. The molecule has 0 bridgehead atoms. The molecular weight excluding hydrogens is 398 g/mol. The lowest BCUT2D eigenvalue weighted by atomic mass is 10.2. The summed E-state index contributed by atoms with van der Waals surface area (Å²) in [6.07, 6.45) is 0.791. The number of hydrogen-bond donors (Lipinski definition) is 1. The highest BCUT2D eigenvalue weighted by Crippen LogP contribution is 2.28. The first-order chi connectivity index (χ1) is 13.5. The highest BCUT2D eigenvalue weighted by Gasteiger charge is 2.14. The highest BCUT2D eigenvalue weighted by atomic mass is 35.5. The molecule has 2 aromatic carbocycles. The topological polar surface area (TPSA) is 73.2 Å². The molecule has 0 atom stereocenters. The molecule has 3 rings (SSSR count). The van der Waals surface area contributed by atoms with Crippen molar-refractivity contribution in [3.8, 4) is 5.75 Å². The monoisotopic (exact) mass is 417 g/mol. The van der Waals surface area contributed by atoms with Crippen LogP contribution in [0, 0.1) is 0 Å². The molecular formula is C20H20ClN3O3S. The van der Waals surface area contributed by atoms with Gasteiger partial charge in [0.15, 0.2) is 5.16 Å². The van der Waals surface area contributed by atoms with Gasteiger partial charge in [-0.15, -0.1) is 0 Å². The number of nitrogens with zero attached hydrogens (tertiary/aromatic N) is 2. The van der Waals surface area contributed by atoms with Gasteiger partial charge < -0.3 is 10.1 Å². The number of nitrogens with one attached hydrogen (secondary N) is 1. The van der Waals surface area contributed by atoms with E-state index < -0.39 is 0 Å². The maximum Gasteiger partial charge on any atom is 0.262 e.